The van der Waals surface area contributed by atoms with Crippen LogP contribution in [-0.4, -0.2) is 12.5 Å². The Labute approximate surface area is 153 Å². The molecule has 0 bridgehead atoms. The lowest BCUT2D eigenvalue weighted by Gasteiger charge is -2.18. The molecule has 4 rings (SSSR count). The van der Waals surface area contributed by atoms with Gasteiger partial charge >= 0.3 is 0 Å². The smallest absolute Gasteiger partial charge is 0.239 e. The van der Waals surface area contributed by atoms with Gasteiger partial charge < -0.3 is 4.74 Å². The standard InChI is InChI=1S/C23H21NO2/c1-2-26-19-14-12-17(13-15-19)16-21-20-10-6-7-11-22(20)24(23(21)25)18-8-4-3-5-9-18/h3-15,21H,2,16H2,1H3/t21-/m1/s1. The highest BCUT2D eigenvalue weighted by atomic mass is 16.5. The summed E-state index contributed by atoms with van der Waals surface area (Å²) in [5.74, 6) is 0.830. The fourth-order valence-electron chi connectivity index (χ4n) is 3.56. The zero-order chi connectivity index (χ0) is 17.9. The van der Waals surface area contributed by atoms with Crippen molar-refractivity contribution in [2.24, 2.45) is 0 Å². The van der Waals surface area contributed by atoms with Crippen LogP contribution in [0.3, 0.4) is 0 Å². The van der Waals surface area contributed by atoms with Crippen LogP contribution in [0.5, 0.6) is 5.75 Å². The molecule has 26 heavy (non-hydrogen) atoms. The summed E-state index contributed by atoms with van der Waals surface area (Å²) in [6.45, 7) is 2.63. The second-order valence-electron chi connectivity index (χ2n) is 6.40. The van der Waals surface area contributed by atoms with Crippen molar-refractivity contribution in [1.29, 1.82) is 0 Å². The molecule has 1 aliphatic heterocycles. The quantitative estimate of drug-likeness (QED) is 0.646. The third-order valence-electron chi connectivity index (χ3n) is 4.76. The third-order valence-corrected chi connectivity index (χ3v) is 4.76. The zero-order valence-electron chi connectivity index (χ0n) is 14.8. The molecule has 3 aromatic rings. The van der Waals surface area contributed by atoms with Crippen molar-refractivity contribution in [3.05, 3.63) is 90.0 Å². The molecule has 1 aliphatic rings. The molecule has 1 atom stereocenters. The number of rotatable bonds is 5. The summed E-state index contributed by atoms with van der Waals surface area (Å²) in [6.07, 6.45) is 0.686. The molecule has 1 amide bonds. The van der Waals surface area contributed by atoms with Crippen LogP contribution in [0.1, 0.15) is 24.0 Å². The van der Waals surface area contributed by atoms with Crippen LogP contribution in [0.25, 0.3) is 0 Å². The van der Waals surface area contributed by atoms with Gasteiger partial charge in [0.05, 0.1) is 18.2 Å². The number of benzene rings is 3. The van der Waals surface area contributed by atoms with E-state index >= 15 is 0 Å². The van der Waals surface area contributed by atoms with Crippen molar-refractivity contribution in [3.63, 3.8) is 0 Å². The number of ether oxygens (including phenoxy) is 1. The first-order valence-corrected chi connectivity index (χ1v) is 8.97. The topological polar surface area (TPSA) is 29.5 Å². The molecule has 0 radical (unpaired) electrons. The molecule has 0 unspecified atom stereocenters. The van der Waals surface area contributed by atoms with Crippen molar-refractivity contribution < 1.29 is 9.53 Å². The Kier molecular flexibility index (Phi) is 4.44. The van der Waals surface area contributed by atoms with Crippen LogP contribution >= 0.6 is 0 Å². The lowest BCUT2D eigenvalue weighted by molar-refractivity contribution is -0.118. The van der Waals surface area contributed by atoms with Crippen LogP contribution in [0.15, 0.2) is 78.9 Å². The molecule has 3 aromatic carbocycles. The minimum atomic E-state index is -0.163. The highest BCUT2D eigenvalue weighted by Crippen LogP contribution is 2.43. The van der Waals surface area contributed by atoms with Gasteiger partial charge in [0.1, 0.15) is 5.75 Å². The van der Waals surface area contributed by atoms with Crippen LogP contribution in [0.2, 0.25) is 0 Å². The number of nitrogens with zero attached hydrogens (tertiary/aromatic N) is 1. The van der Waals surface area contributed by atoms with Gasteiger partial charge in [0, 0.05) is 5.69 Å². The average molecular weight is 343 g/mol. The molecular weight excluding hydrogens is 322 g/mol. The Morgan fingerprint density at radius 3 is 2.31 bits per heavy atom. The first-order valence-electron chi connectivity index (χ1n) is 8.97. The molecule has 0 aromatic heterocycles. The maximum absolute atomic E-state index is 13.2. The van der Waals surface area contributed by atoms with Crippen LogP contribution < -0.4 is 9.64 Å². The van der Waals surface area contributed by atoms with Crippen molar-refractivity contribution in [2.75, 3.05) is 11.5 Å². The minimum Gasteiger partial charge on any atom is -0.494 e. The number of hydrogen-bond acceptors (Lipinski definition) is 2. The monoisotopic (exact) mass is 343 g/mol. The summed E-state index contributed by atoms with van der Waals surface area (Å²) in [5.41, 5.74) is 4.13. The van der Waals surface area contributed by atoms with Gasteiger partial charge in [-0.3, -0.25) is 9.69 Å². The van der Waals surface area contributed by atoms with Gasteiger partial charge in [0.2, 0.25) is 5.91 Å². The van der Waals surface area contributed by atoms with Gasteiger partial charge in [0.15, 0.2) is 0 Å². The van der Waals surface area contributed by atoms with E-state index in [1.165, 1.54) is 0 Å². The minimum absolute atomic E-state index is 0.131. The fraction of sp³-hybridized carbons (Fsp3) is 0.174. The van der Waals surface area contributed by atoms with Gasteiger partial charge in [-0.05, 0) is 54.8 Å². The van der Waals surface area contributed by atoms with E-state index in [9.17, 15) is 4.79 Å². The molecule has 0 aliphatic carbocycles. The maximum atomic E-state index is 13.2. The lowest BCUT2D eigenvalue weighted by Crippen LogP contribution is -2.24. The molecule has 0 N–H and O–H groups in total. The lowest BCUT2D eigenvalue weighted by atomic mass is 9.93. The molecule has 0 spiro atoms. The molecule has 0 saturated carbocycles. The van der Waals surface area contributed by atoms with E-state index in [0.717, 1.165) is 28.3 Å². The average Bonchev–Trinajstić information content (AvgIpc) is 2.96. The zero-order valence-corrected chi connectivity index (χ0v) is 14.8. The Morgan fingerprint density at radius 1 is 0.885 bits per heavy atom. The van der Waals surface area contributed by atoms with E-state index in [4.69, 9.17) is 4.74 Å². The predicted molar refractivity (Wildman–Crippen MR) is 104 cm³/mol. The number of para-hydroxylation sites is 2. The Balaban J connectivity index is 1.65. The van der Waals surface area contributed by atoms with Crippen molar-refractivity contribution in [2.45, 2.75) is 19.3 Å². The van der Waals surface area contributed by atoms with Crippen molar-refractivity contribution >= 4 is 17.3 Å². The molecule has 3 heteroatoms. The summed E-state index contributed by atoms with van der Waals surface area (Å²) < 4.78 is 5.51. The molecular formula is C23H21NO2. The van der Waals surface area contributed by atoms with Gasteiger partial charge in [0.25, 0.3) is 0 Å². The molecule has 1 heterocycles. The third kappa shape index (κ3) is 2.97. The highest BCUT2D eigenvalue weighted by Gasteiger charge is 2.37. The van der Waals surface area contributed by atoms with Gasteiger partial charge in [-0.15, -0.1) is 0 Å². The highest BCUT2D eigenvalue weighted by molar-refractivity contribution is 6.10. The number of anilines is 2. The van der Waals surface area contributed by atoms with Crippen molar-refractivity contribution in [1.82, 2.24) is 0 Å². The van der Waals surface area contributed by atoms with Gasteiger partial charge in [-0.1, -0.05) is 48.5 Å². The molecule has 130 valence electrons. The van der Waals surface area contributed by atoms with Gasteiger partial charge in [-0.2, -0.15) is 0 Å². The maximum Gasteiger partial charge on any atom is 0.239 e. The van der Waals surface area contributed by atoms with Crippen LogP contribution in [0.4, 0.5) is 11.4 Å². The summed E-state index contributed by atoms with van der Waals surface area (Å²) in [4.78, 5) is 15.1. The molecule has 0 saturated heterocycles. The van der Waals surface area contributed by atoms with E-state index in [1.807, 2.05) is 84.6 Å². The number of hydrogen-bond donors (Lipinski definition) is 0. The van der Waals surface area contributed by atoms with E-state index in [0.29, 0.717) is 13.0 Å². The van der Waals surface area contributed by atoms with E-state index < -0.39 is 0 Å². The van der Waals surface area contributed by atoms with E-state index in [-0.39, 0.29) is 11.8 Å². The second kappa shape index (κ2) is 7.04. The Morgan fingerprint density at radius 2 is 1.58 bits per heavy atom. The molecule has 3 nitrogen and oxygen atoms in total. The summed E-state index contributed by atoms with van der Waals surface area (Å²) in [5, 5.41) is 0. The van der Waals surface area contributed by atoms with Crippen LogP contribution in [0, 0.1) is 0 Å². The first-order chi connectivity index (χ1) is 12.8. The van der Waals surface area contributed by atoms with E-state index in [1.54, 1.807) is 0 Å². The van der Waals surface area contributed by atoms with Gasteiger partial charge in [-0.25, -0.2) is 0 Å². The SMILES string of the molecule is CCOc1ccc(C[C@H]2C(=O)N(c3ccccc3)c3ccccc32)cc1. The number of carbonyl (C=O) groups excluding carboxylic acids is 1. The second-order valence-corrected chi connectivity index (χ2v) is 6.40. The largest absolute Gasteiger partial charge is 0.494 e. The summed E-state index contributed by atoms with van der Waals surface area (Å²) >= 11 is 0. The molecule has 0 fully saturated rings. The predicted octanol–water partition coefficient (Wildman–Crippen LogP) is 5.09. The fourth-order valence-corrected chi connectivity index (χ4v) is 3.56. The Hall–Kier alpha value is -3.07. The first kappa shape index (κ1) is 16.4. The van der Waals surface area contributed by atoms with E-state index in [2.05, 4.69) is 6.07 Å². The summed E-state index contributed by atoms with van der Waals surface area (Å²) in [6, 6.07) is 26.0. The number of fused-ring (bicyclic) bond motifs is 1. The van der Waals surface area contributed by atoms with Crippen molar-refractivity contribution in [3.8, 4) is 5.75 Å². The Bertz CT molecular complexity index is 903. The summed E-state index contributed by atoms with van der Waals surface area (Å²) in [7, 11) is 0. The number of carbonyl (C=O) groups is 1. The number of amides is 1. The van der Waals surface area contributed by atoms with Crippen LogP contribution in [-0.2, 0) is 11.2 Å². The normalized spacial score (nSPS) is 15.8.